The van der Waals surface area contributed by atoms with Crippen molar-refractivity contribution in [2.24, 2.45) is 0 Å². The van der Waals surface area contributed by atoms with E-state index in [0.717, 1.165) is 4.90 Å². The van der Waals surface area contributed by atoms with Gasteiger partial charge < -0.3 is 30.1 Å². The lowest BCUT2D eigenvalue weighted by atomic mass is 10.7. The fourth-order valence-corrected chi connectivity index (χ4v) is 1.42. The second kappa shape index (κ2) is 9.20. The summed E-state index contributed by atoms with van der Waals surface area (Å²) in [5, 5.41) is 29.8. The highest BCUT2D eigenvalue weighted by molar-refractivity contribution is 5.44. The summed E-state index contributed by atoms with van der Waals surface area (Å²) in [4.78, 5) is 14.8. The molecule has 11 nitrogen and oxygen atoms in total. The standard InChI is InChI=1S/C10H20N6O5/c1-20-6-16(7-21-2)10-13-8(11-3-17)12-9(14-10)15(4-18)5-19/h17-19H,3-7H2,1-2H3,(H,11,12,13,14). The molecule has 1 heterocycles. The Hall–Kier alpha value is -1.79. The average molecular weight is 304 g/mol. The Bertz CT molecular complexity index is 413. The third-order valence-corrected chi connectivity index (χ3v) is 2.33. The van der Waals surface area contributed by atoms with Crippen LogP contribution in [0.15, 0.2) is 0 Å². The first-order chi connectivity index (χ1) is 10.2. The number of nitrogens with zero attached hydrogens (tertiary/aromatic N) is 5. The molecule has 0 radical (unpaired) electrons. The number of aliphatic hydroxyl groups is 3. The first-order valence-corrected chi connectivity index (χ1v) is 6.00. The van der Waals surface area contributed by atoms with Crippen LogP contribution < -0.4 is 15.1 Å². The molecule has 1 rings (SSSR count). The number of aromatic nitrogens is 3. The molecule has 0 unspecified atom stereocenters. The van der Waals surface area contributed by atoms with Crippen molar-refractivity contribution in [3.63, 3.8) is 0 Å². The largest absolute Gasteiger partial charge is 0.376 e. The van der Waals surface area contributed by atoms with Crippen molar-refractivity contribution >= 4 is 17.8 Å². The summed E-state index contributed by atoms with van der Waals surface area (Å²) in [6, 6.07) is 0. The molecule has 120 valence electrons. The Balaban J connectivity index is 3.15. The molecule has 11 heteroatoms. The highest BCUT2D eigenvalue weighted by atomic mass is 16.5. The van der Waals surface area contributed by atoms with Gasteiger partial charge >= 0.3 is 0 Å². The fourth-order valence-electron chi connectivity index (χ4n) is 1.42. The van der Waals surface area contributed by atoms with E-state index in [0.29, 0.717) is 0 Å². The number of nitrogens with one attached hydrogen (secondary N) is 1. The molecule has 0 saturated carbocycles. The molecule has 0 aliphatic rings. The third kappa shape index (κ3) is 4.91. The van der Waals surface area contributed by atoms with Crippen molar-refractivity contribution < 1.29 is 24.8 Å². The van der Waals surface area contributed by atoms with Crippen molar-refractivity contribution in [1.29, 1.82) is 0 Å². The minimum atomic E-state index is -0.479. The van der Waals surface area contributed by atoms with Crippen molar-refractivity contribution in [3.8, 4) is 0 Å². The Morgan fingerprint density at radius 2 is 1.43 bits per heavy atom. The van der Waals surface area contributed by atoms with Crippen LogP contribution in [-0.4, -0.2) is 78.1 Å². The Morgan fingerprint density at radius 1 is 0.905 bits per heavy atom. The molecule has 0 saturated heterocycles. The van der Waals surface area contributed by atoms with Gasteiger partial charge in [-0.3, -0.25) is 9.80 Å². The number of ether oxygens (including phenoxy) is 2. The van der Waals surface area contributed by atoms with E-state index in [2.05, 4.69) is 20.3 Å². The maximum absolute atomic E-state index is 9.17. The Morgan fingerprint density at radius 3 is 1.86 bits per heavy atom. The molecule has 0 aromatic carbocycles. The van der Waals surface area contributed by atoms with E-state index in [1.165, 1.54) is 14.2 Å². The molecule has 0 atom stereocenters. The fraction of sp³-hybridized carbons (Fsp3) is 0.700. The summed E-state index contributed by atoms with van der Waals surface area (Å²) in [6.45, 7) is -1.02. The number of hydrogen-bond donors (Lipinski definition) is 4. The first-order valence-electron chi connectivity index (χ1n) is 6.00. The molecule has 0 amide bonds. The summed E-state index contributed by atoms with van der Waals surface area (Å²) >= 11 is 0. The van der Waals surface area contributed by atoms with Gasteiger partial charge in [-0.25, -0.2) is 0 Å². The van der Waals surface area contributed by atoms with E-state index in [4.69, 9.17) is 24.8 Å². The molecule has 0 fully saturated rings. The molecule has 0 aliphatic heterocycles. The van der Waals surface area contributed by atoms with Crippen LogP contribution in [0.3, 0.4) is 0 Å². The molecule has 21 heavy (non-hydrogen) atoms. The van der Waals surface area contributed by atoms with E-state index >= 15 is 0 Å². The zero-order chi connectivity index (χ0) is 15.7. The van der Waals surface area contributed by atoms with Gasteiger partial charge in [-0.15, -0.1) is 0 Å². The van der Waals surface area contributed by atoms with E-state index < -0.39 is 13.5 Å². The van der Waals surface area contributed by atoms with Gasteiger partial charge in [0.05, 0.1) is 0 Å². The zero-order valence-electron chi connectivity index (χ0n) is 11.9. The topological polar surface area (TPSA) is 136 Å². The van der Waals surface area contributed by atoms with Gasteiger partial charge in [0.25, 0.3) is 0 Å². The molecule has 1 aromatic rings. The van der Waals surface area contributed by atoms with Gasteiger partial charge in [0.2, 0.25) is 17.8 Å². The van der Waals surface area contributed by atoms with Crippen LogP contribution in [0.25, 0.3) is 0 Å². The van der Waals surface area contributed by atoms with Gasteiger partial charge in [-0.05, 0) is 0 Å². The number of aliphatic hydroxyl groups excluding tert-OH is 3. The lowest BCUT2D eigenvalue weighted by Crippen LogP contribution is -2.32. The van der Waals surface area contributed by atoms with Crippen LogP contribution >= 0.6 is 0 Å². The Labute approximate surface area is 121 Å². The number of anilines is 3. The number of hydrogen-bond acceptors (Lipinski definition) is 11. The van der Waals surface area contributed by atoms with Crippen molar-refractivity contribution in [1.82, 2.24) is 15.0 Å². The molecule has 4 N–H and O–H groups in total. The maximum atomic E-state index is 9.17. The van der Waals surface area contributed by atoms with Gasteiger partial charge in [0.1, 0.15) is 33.7 Å². The van der Waals surface area contributed by atoms with E-state index in [-0.39, 0.29) is 38.0 Å². The minimum absolute atomic E-state index is 0.0400. The highest BCUT2D eigenvalue weighted by Crippen LogP contribution is 2.16. The molecular weight excluding hydrogens is 284 g/mol. The molecular formula is C10H20N6O5. The van der Waals surface area contributed by atoms with Crippen molar-refractivity contribution in [3.05, 3.63) is 0 Å². The minimum Gasteiger partial charge on any atom is -0.376 e. The lowest BCUT2D eigenvalue weighted by molar-refractivity contribution is 0.138. The molecule has 1 aromatic heterocycles. The quantitative estimate of drug-likeness (QED) is 0.356. The average Bonchev–Trinajstić information content (AvgIpc) is 2.48. The van der Waals surface area contributed by atoms with Crippen molar-refractivity contribution in [2.75, 3.05) is 63.0 Å². The first kappa shape index (κ1) is 17.3. The molecule has 0 bridgehead atoms. The summed E-state index contributed by atoms with van der Waals surface area (Å²) in [7, 11) is 3.01. The van der Waals surface area contributed by atoms with E-state index in [1.807, 2.05) is 0 Å². The van der Waals surface area contributed by atoms with E-state index in [1.54, 1.807) is 4.90 Å². The maximum Gasteiger partial charge on any atom is 0.235 e. The lowest BCUT2D eigenvalue weighted by Gasteiger charge is -2.23. The molecule has 0 spiro atoms. The number of methoxy groups -OCH3 is 2. The summed E-state index contributed by atoms with van der Waals surface area (Å²) in [5.74, 6) is 0.325. The van der Waals surface area contributed by atoms with Gasteiger partial charge in [-0.2, -0.15) is 15.0 Å². The summed E-state index contributed by atoms with van der Waals surface area (Å²) in [5.41, 5.74) is 0. The van der Waals surface area contributed by atoms with Gasteiger partial charge in [0.15, 0.2) is 0 Å². The summed E-state index contributed by atoms with van der Waals surface area (Å²) in [6.07, 6.45) is 0. The van der Waals surface area contributed by atoms with Crippen LogP contribution in [0.1, 0.15) is 0 Å². The smallest absolute Gasteiger partial charge is 0.235 e. The predicted molar refractivity (Wildman–Crippen MR) is 73.4 cm³/mol. The van der Waals surface area contributed by atoms with Crippen LogP contribution in [-0.2, 0) is 9.47 Å². The van der Waals surface area contributed by atoms with Crippen LogP contribution in [0.2, 0.25) is 0 Å². The second-order valence-corrected chi connectivity index (χ2v) is 3.79. The van der Waals surface area contributed by atoms with Crippen LogP contribution in [0.4, 0.5) is 17.8 Å². The second-order valence-electron chi connectivity index (χ2n) is 3.79. The monoisotopic (exact) mass is 304 g/mol. The predicted octanol–water partition coefficient (Wildman–Crippen LogP) is -2.05. The molecule has 0 aliphatic carbocycles. The Kier molecular flexibility index (Phi) is 7.56. The van der Waals surface area contributed by atoms with Crippen LogP contribution in [0, 0.1) is 0 Å². The normalized spacial score (nSPS) is 10.5. The highest BCUT2D eigenvalue weighted by Gasteiger charge is 2.16. The SMILES string of the molecule is COCN(COC)c1nc(NCO)nc(N(CO)CO)n1. The number of rotatable bonds is 10. The zero-order valence-corrected chi connectivity index (χ0v) is 11.9. The van der Waals surface area contributed by atoms with Gasteiger partial charge in [0, 0.05) is 14.2 Å². The van der Waals surface area contributed by atoms with Crippen LogP contribution in [0.5, 0.6) is 0 Å². The van der Waals surface area contributed by atoms with Crippen molar-refractivity contribution in [2.45, 2.75) is 0 Å². The van der Waals surface area contributed by atoms with Gasteiger partial charge in [-0.1, -0.05) is 0 Å². The third-order valence-electron chi connectivity index (χ3n) is 2.33. The van der Waals surface area contributed by atoms with E-state index in [9.17, 15) is 0 Å². The summed E-state index contributed by atoms with van der Waals surface area (Å²) < 4.78 is 10.1.